The van der Waals surface area contributed by atoms with E-state index in [-0.39, 0.29) is 18.1 Å². The van der Waals surface area contributed by atoms with Crippen LogP contribution in [0.15, 0.2) is 18.2 Å². The number of hydrogen-bond acceptors (Lipinski definition) is 4. The van der Waals surface area contributed by atoms with Crippen molar-refractivity contribution in [2.75, 3.05) is 26.8 Å². The highest BCUT2D eigenvalue weighted by atomic mass is 35.5. The zero-order valence-corrected chi connectivity index (χ0v) is 15.3. The molecule has 24 heavy (non-hydrogen) atoms. The summed E-state index contributed by atoms with van der Waals surface area (Å²) >= 11 is 6.22. The van der Waals surface area contributed by atoms with Crippen molar-refractivity contribution in [1.29, 1.82) is 0 Å². The van der Waals surface area contributed by atoms with Gasteiger partial charge in [-0.1, -0.05) is 11.6 Å². The summed E-state index contributed by atoms with van der Waals surface area (Å²) < 4.78 is 16.5. The van der Waals surface area contributed by atoms with Gasteiger partial charge in [0.25, 0.3) is 0 Å². The molecule has 0 spiro atoms. The Morgan fingerprint density at radius 3 is 2.62 bits per heavy atom. The van der Waals surface area contributed by atoms with Crippen molar-refractivity contribution < 1.29 is 19.0 Å². The van der Waals surface area contributed by atoms with Crippen LogP contribution in [0, 0.1) is 0 Å². The van der Waals surface area contributed by atoms with E-state index in [2.05, 4.69) is 0 Å². The van der Waals surface area contributed by atoms with E-state index in [0.717, 1.165) is 5.56 Å². The zero-order valence-electron chi connectivity index (χ0n) is 14.5. The van der Waals surface area contributed by atoms with Crippen molar-refractivity contribution in [3.8, 4) is 11.5 Å². The van der Waals surface area contributed by atoms with Crippen molar-refractivity contribution in [2.24, 2.45) is 0 Å². The molecule has 6 heteroatoms. The fraction of sp³-hybridized carbons (Fsp3) is 0.500. The molecule has 0 aliphatic carbocycles. The third-order valence-electron chi connectivity index (χ3n) is 3.69. The Labute approximate surface area is 148 Å². The van der Waals surface area contributed by atoms with Crippen LogP contribution in [0.3, 0.4) is 0 Å². The second-order valence-corrected chi connectivity index (χ2v) is 6.21. The van der Waals surface area contributed by atoms with Gasteiger partial charge >= 0.3 is 0 Å². The summed E-state index contributed by atoms with van der Waals surface area (Å²) in [4.78, 5) is 14.2. The Morgan fingerprint density at radius 1 is 1.38 bits per heavy atom. The van der Waals surface area contributed by atoms with Gasteiger partial charge in [0.1, 0.15) is 0 Å². The van der Waals surface area contributed by atoms with Crippen molar-refractivity contribution in [3.63, 3.8) is 0 Å². The van der Waals surface area contributed by atoms with Crippen LogP contribution >= 0.6 is 11.6 Å². The predicted molar refractivity (Wildman–Crippen MR) is 94.8 cm³/mol. The molecule has 1 aliphatic heterocycles. The van der Waals surface area contributed by atoms with Gasteiger partial charge in [-0.15, -0.1) is 0 Å². The lowest BCUT2D eigenvalue weighted by atomic mass is 10.1. The smallest absolute Gasteiger partial charge is 0.246 e. The van der Waals surface area contributed by atoms with Crippen LogP contribution in [0.2, 0.25) is 5.02 Å². The summed E-state index contributed by atoms with van der Waals surface area (Å²) in [5, 5.41) is 0.448. The first-order chi connectivity index (χ1) is 11.4. The molecule has 0 saturated carbocycles. The molecule has 2 unspecified atom stereocenters. The molecule has 1 aromatic carbocycles. The minimum absolute atomic E-state index is 0.0399. The number of hydrogen-bond donors (Lipinski definition) is 0. The van der Waals surface area contributed by atoms with Crippen LogP contribution in [0.5, 0.6) is 11.5 Å². The molecule has 0 aromatic heterocycles. The Bertz CT molecular complexity index is 607. The van der Waals surface area contributed by atoms with E-state index in [1.54, 1.807) is 30.2 Å². The molecule has 0 bridgehead atoms. The normalized spacial score (nSPS) is 21.1. The van der Waals surface area contributed by atoms with Gasteiger partial charge in [-0.25, -0.2) is 0 Å². The summed E-state index contributed by atoms with van der Waals surface area (Å²) in [5.74, 6) is 1.02. The molecule has 2 rings (SSSR count). The van der Waals surface area contributed by atoms with E-state index in [0.29, 0.717) is 36.2 Å². The first-order valence-electron chi connectivity index (χ1n) is 8.07. The molecular weight excluding hydrogens is 330 g/mol. The Balaban J connectivity index is 2.14. The highest BCUT2D eigenvalue weighted by Crippen LogP contribution is 2.36. The number of amides is 1. The number of carbonyl (C=O) groups is 1. The van der Waals surface area contributed by atoms with Gasteiger partial charge in [0.15, 0.2) is 11.5 Å². The Hall–Kier alpha value is -1.72. The number of morpholine rings is 1. The lowest BCUT2D eigenvalue weighted by molar-refractivity contribution is -0.137. The molecule has 132 valence electrons. The molecule has 1 aromatic rings. The molecule has 1 fully saturated rings. The van der Waals surface area contributed by atoms with E-state index >= 15 is 0 Å². The highest BCUT2D eigenvalue weighted by Gasteiger charge is 2.24. The van der Waals surface area contributed by atoms with Gasteiger partial charge in [0, 0.05) is 19.2 Å². The highest BCUT2D eigenvalue weighted by molar-refractivity contribution is 6.32. The summed E-state index contributed by atoms with van der Waals surface area (Å²) in [7, 11) is 1.55. The maximum atomic E-state index is 12.4. The quantitative estimate of drug-likeness (QED) is 0.761. The van der Waals surface area contributed by atoms with Gasteiger partial charge in [-0.3, -0.25) is 4.79 Å². The first-order valence-corrected chi connectivity index (χ1v) is 8.45. The van der Waals surface area contributed by atoms with E-state index < -0.39 is 0 Å². The van der Waals surface area contributed by atoms with Crippen molar-refractivity contribution in [2.45, 2.75) is 33.0 Å². The van der Waals surface area contributed by atoms with E-state index in [9.17, 15) is 4.79 Å². The average molecular weight is 354 g/mol. The third kappa shape index (κ3) is 4.65. The maximum absolute atomic E-state index is 12.4. The lowest BCUT2D eigenvalue weighted by Gasteiger charge is -2.34. The minimum atomic E-state index is -0.0399. The number of benzene rings is 1. The van der Waals surface area contributed by atoms with Crippen molar-refractivity contribution in [1.82, 2.24) is 4.90 Å². The van der Waals surface area contributed by atoms with E-state index in [1.165, 1.54) is 0 Å². The van der Waals surface area contributed by atoms with Gasteiger partial charge < -0.3 is 19.1 Å². The average Bonchev–Trinajstić information content (AvgIpc) is 2.52. The Kier molecular flexibility index (Phi) is 6.52. The molecular formula is C18H24ClNO4. The maximum Gasteiger partial charge on any atom is 0.246 e. The van der Waals surface area contributed by atoms with Gasteiger partial charge in [0.2, 0.25) is 5.91 Å². The number of methoxy groups -OCH3 is 1. The fourth-order valence-corrected chi connectivity index (χ4v) is 3.07. The van der Waals surface area contributed by atoms with Crippen molar-refractivity contribution >= 4 is 23.6 Å². The molecule has 1 amide bonds. The number of ether oxygens (including phenoxy) is 3. The summed E-state index contributed by atoms with van der Waals surface area (Å²) in [6.45, 7) is 7.53. The second kappa shape index (κ2) is 8.40. The van der Waals surface area contributed by atoms with Gasteiger partial charge in [-0.2, -0.15) is 0 Å². The first kappa shape index (κ1) is 18.6. The van der Waals surface area contributed by atoms with Crippen LogP contribution in [-0.4, -0.2) is 49.8 Å². The molecule has 1 heterocycles. The molecule has 2 atom stereocenters. The lowest BCUT2D eigenvalue weighted by Crippen LogP contribution is -2.47. The monoisotopic (exact) mass is 353 g/mol. The van der Waals surface area contributed by atoms with E-state index in [1.807, 2.05) is 26.8 Å². The van der Waals surface area contributed by atoms with Gasteiger partial charge in [-0.05, 0) is 44.5 Å². The van der Waals surface area contributed by atoms with Crippen LogP contribution in [0.25, 0.3) is 6.08 Å². The number of halogens is 1. The standard InChI is InChI=1S/C18H24ClNO4/c1-5-23-16-9-14(8-15(19)18(16)22-4)6-7-17(21)20-10-12(2)24-13(3)11-20/h6-9,12-13H,5,10-11H2,1-4H3. The van der Waals surface area contributed by atoms with Crippen LogP contribution in [0.1, 0.15) is 26.3 Å². The second-order valence-electron chi connectivity index (χ2n) is 5.80. The topological polar surface area (TPSA) is 48.0 Å². The predicted octanol–water partition coefficient (Wildman–Crippen LogP) is 3.40. The molecule has 1 aliphatic rings. The zero-order chi connectivity index (χ0) is 17.7. The summed E-state index contributed by atoms with van der Waals surface area (Å²) in [6, 6.07) is 3.56. The fourth-order valence-electron chi connectivity index (χ4n) is 2.78. The number of rotatable bonds is 5. The largest absolute Gasteiger partial charge is 0.491 e. The van der Waals surface area contributed by atoms with E-state index in [4.69, 9.17) is 25.8 Å². The van der Waals surface area contributed by atoms with Crippen LogP contribution in [-0.2, 0) is 9.53 Å². The molecule has 5 nitrogen and oxygen atoms in total. The summed E-state index contributed by atoms with van der Waals surface area (Å²) in [6.07, 6.45) is 3.39. The SMILES string of the molecule is CCOc1cc(C=CC(=O)N2CC(C)OC(C)C2)cc(Cl)c1OC. The number of carbonyl (C=O) groups excluding carboxylic acids is 1. The van der Waals surface area contributed by atoms with Gasteiger partial charge in [0.05, 0.1) is 30.9 Å². The molecule has 1 saturated heterocycles. The van der Waals surface area contributed by atoms with Crippen molar-refractivity contribution in [3.05, 3.63) is 28.8 Å². The van der Waals surface area contributed by atoms with Crippen LogP contribution in [0.4, 0.5) is 0 Å². The molecule has 0 radical (unpaired) electrons. The Morgan fingerprint density at radius 2 is 2.04 bits per heavy atom. The van der Waals surface area contributed by atoms with Crippen LogP contribution < -0.4 is 9.47 Å². The minimum Gasteiger partial charge on any atom is -0.491 e. The number of nitrogens with zero attached hydrogens (tertiary/aromatic N) is 1. The molecule has 0 N–H and O–H groups in total. The summed E-state index contributed by atoms with van der Waals surface area (Å²) in [5.41, 5.74) is 0.784. The third-order valence-corrected chi connectivity index (χ3v) is 3.97.